The lowest BCUT2D eigenvalue weighted by molar-refractivity contribution is -0.148. The van der Waals surface area contributed by atoms with Gasteiger partial charge in [-0.05, 0) is 36.1 Å². The van der Waals surface area contributed by atoms with E-state index < -0.39 is 18.1 Å². The number of halogens is 3. The molecule has 178 valence electrons. The zero-order valence-electron chi connectivity index (χ0n) is 18.2. The molecule has 3 unspecified atom stereocenters. The highest BCUT2D eigenvalue weighted by Gasteiger charge is 2.36. The van der Waals surface area contributed by atoms with Crippen LogP contribution < -0.4 is 5.32 Å². The van der Waals surface area contributed by atoms with Crippen molar-refractivity contribution in [1.82, 2.24) is 15.1 Å². The van der Waals surface area contributed by atoms with Gasteiger partial charge in [0.25, 0.3) is 5.91 Å². The molecule has 2 aromatic rings. The van der Waals surface area contributed by atoms with E-state index >= 15 is 0 Å². The summed E-state index contributed by atoms with van der Waals surface area (Å²) < 4.78 is 45.2. The summed E-state index contributed by atoms with van der Waals surface area (Å²) in [4.78, 5) is 16.5. The summed E-state index contributed by atoms with van der Waals surface area (Å²) in [5.74, 6) is -0.524. The van der Waals surface area contributed by atoms with Crippen LogP contribution in [0.5, 0.6) is 0 Å². The lowest BCUT2D eigenvalue weighted by atomic mass is 9.87. The standard InChI is InChI=1S/C24H28F3N3O3/c25-24(26,27)20-8-4-7-18(13-20)19-14-21(28-22(31)17-5-2-1-3-6-17)16-30(15-19)23(32)29-9-11-33-12-10-29/h1-8,13,19,21,23,32H,9-12,14-16H2,(H,28,31). The third-order valence-corrected chi connectivity index (χ3v) is 6.23. The second-order valence-corrected chi connectivity index (χ2v) is 8.54. The molecule has 0 aliphatic carbocycles. The van der Waals surface area contributed by atoms with Crippen LogP contribution in [0.2, 0.25) is 0 Å². The topological polar surface area (TPSA) is 65.0 Å². The average molecular weight is 464 g/mol. The number of benzene rings is 2. The molecule has 3 atom stereocenters. The number of aliphatic hydroxyl groups excluding tert-OH is 1. The zero-order chi connectivity index (χ0) is 23.4. The fourth-order valence-electron chi connectivity index (χ4n) is 4.53. The maximum Gasteiger partial charge on any atom is 0.416 e. The van der Waals surface area contributed by atoms with Gasteiger partial charge >= 0.3 is 6.18 Å². The Bertz CT molecular complexity index is 935. The average Bonchev–Trinajstić information content (AvgIpc) is 2.84. The molecule has 2 N–H and O–H groups in total. The Balaban J connectivity index is 1.56. The van der Waals surface area contributed by atoms with E-state index in [4.69, 9.17) is 4.74 Å². The van der Waals surface area contributed by atoms with Crippen LogP contribution in [0.15, 0.2) is 54.6 Å². The summed E-state index contributed by atoms with van der Waals surface area (Å²) in [7, 11) is 0. The number of piperidine rings is 1. The Morgan fingerprint density at radius 3 is 2.45 bits per heavy atom. The smallest absolute Gasteiger partial charge is 0.379 e. The largest absolute Gasteiger partial charge is 0.416 e. The minimum Gasteiger partial charge on any atom is -0.379 e. The predicted octanol–water partition coefficient (Wildman–Crippen LogP) is 2.90. The number of nitrogens with zero attached hydrogens (tertiary/aromatic N) is 2. The number of aliphatic hydroxyl groups is 1. The number of nitrogens with one attached hydrogen (secondary N) is 1. The molecule has 1 amide bonds. The monoisotopic (exact) mass is 463 g/mol. The zero-order valence-corrected chi connectivity index (χ0v) is 18.2. The van der Waals surface area contributed by atoms with Crippen LogP contribution in [0.3, 0.4) is 0 Å². The van der Waals surface area contributed by atoms with Crippen molar-refractivity contribution in [2.75, 3.05) is 39.4 Å². The number of carbonyl (C=O) groups excluding carboxylic acids is 1. The Hall–Kier alpha value is -2.46. The van der Waals surface area contributed by atoms with Gasteiger partial charge in [0.2, 0.25) is 0 Å². The van der Waals surface area contributed by atoms with E-state index in [1.807, 2.05) is 15.9 Å². The van der Waals surface area contributed by atoms with Crippen molar-refractivity contribution in [2.45, 2.75) is 30.9 Å². The number of hydrogen-bond donors (Lipinski definition) is 2. The molecule has 9 heteroatoms. The molecule has 0 radical (unpaired) electrons. The van der Waals surface area contributed by atoms with Gasteiger partial charge in [-0.25, -0.2) is 0 Å². The predicted molar refractivity (Wildman–Crippen MR) is 116 cm³/mol. The molecule has 0 saturated carbocycles. The number of amides is 1. The Labute approximate surface area is 190 Å². The molecule has 2 saturated heterocycles. The third kappa shape index (κ3) is 5.92. The number of morpholine rings is 1. The highest BCUT2D eigenvalue weighted by Crippen LogP contribution is 2.34. The molecule has 33 heavy (non-hydrogen) atoms. The summed E-state index contributed by atoms with van der Waals surface area (Å²) in [6.07, 6.45) is -4.86. The fourth-order valence-corrected chi connectivity index (χ4v) is 4.53. The van der Waals surface area contributed by atoms with Gasteiger partial charge in [0.05, 0.1) is 18.8 Å². The Morgan fingerprint density at radius 2 is 1.76 bits per heavy atom. The van der Waals surface area contributed by atoms with Crippen molar-refractivity contribution >= 4 is 5.91 Å². The summed E-state index contributed by atoms with van der Waals surface area (Å²) in [5, 5.41) is 14.0. The van der Waals surface area contributed by atoms with Gasteiger partial charge in [0.1, 0.15) is 0 Å². The minimum atomic E-state index is -4.43. The molecule has 4 rings (SSSR count). The van der Waals surface area contributed by atoms with Crippen molar-refractivity contribution in [3.8, 4) is 0 Å². The summed E-state index contributed by atoms with van der Waals surface area (Å²) in [6.45, 7) is 2.93. The molecular weight excluding hydrogens is 435 g/mol. The van der Waals surface area contributed by atoms with Crippen LogP contribution in [0.4, 0.5) is 13.2 Å². The number of alkyl halides is 3. The van der Waals surface area contributed by atoms with Crippen LogP contribution in [0.1, 0.15) is 33.8 Å². The van der Waals surface area contributed by atoms with Gasteiger partial charge < -0.3 is 15.2 Å². The molecule has 2 aliphatic rings. The fraction of sp³-hybridized carbons (Fsp3) is 0.458. The van der Waals surface area contributed by atoms with E-state index in [-0.39, 0.29) is 17.9 Å². The summed E-state index contributed by atoms with van der Waals surface area (Å²) in [5.41, 5.74) is 0.359. The Kier molecular flexibility index (Phi) is 7.33. The molecule has 0 bridgehead atoms. The lowest BCUT2D eigenvalue weighted by Gasteiger charge is -2.44. The molecule has 0 aromatic heterocycles. The first-order valence-electron chi connectivity index (χ1n) is 11.1. The van der Waals surface area contributed by atoms with E-state index in [9.17, 15) is 23.1 Å². The molecule has 6 nitrogen and oxygen atoms in total. The van der Waals surface area contributed by atoms with Crippen LogP contribution in [0, 0.1) is 0 Å². The van der Waals surface area contributed by atoms with Gasteiger partial charge in [-0.2, -0.15) is 13.2 Å². The molecule has 2 aromatic carbocycles. The first-order chi connectivity index (χ1) is 15.8. The van der Waals surface area contributed by atoms with Gasteiger partial charge in [-0.1, -0.05) is 36.4 Å². The maximum atomic E-state index is 13.3. The molecule has 2 heterocycles. The molecule has 2 aliphatic heterocycles. The van der Waals surface area contributed by atoms with E-state index in [0.717, 1.165) is 6.07 Å². The SMILES string of the molecule is O=C(NC1CC(c2cccc(C(F)(F)F)c2)CN(C(O)N2CCOCC2)C1)c1ccccc1. The van der Waals surface area contributed by atoms with Crippen molar-refractivity contribution in [1.29, 1.82) is 0 Å². The quantitative estimate of drug-likeness (QED) is 0.714. The Morgan fingerprint density at radius 1 is 1.03 bits per heavy atom. The van der Waals surface area contributed by atoms with Crippen LogP contribution in [-0.2, 0) is 10.9 Å². The minimum absolute atomic E-state index is 0.244. The van der Waals surface area contributed by atoms with Crippen LogP contribution >= 0.6 is 0 Å². The highest BCUT2D eigenvalue weighted by molar-refractivity contribution is 5.94. The number of likely N-dealkylation sites (tertiary alicyclic amines) is 1. The highest BCUT2D eigenvalue weighted by atomic mass is 19.4. The van der Waals surface area contributed by atoms with E-state index in [0.29, 0.717) is 56.9 Å². The number of carbonyl (C=O) groups is 1. The maximum absolute atomic E-state index is 13.3. The van der Waals surface area contributed by atoms with Crippen LogP contribution in [-0.4, -0.2) is 72.6 Å². The number of hydrogen-bond acceptors (Lipinski definition) is 5. The van der Waals surface area contributed by atoms with Crippen molar-refractivity contribution in [3.05, 3.63) is 71.3 Å². The van der Waals surface area contributed by atoms with Gasteiger partial charge in [0.15, 0.2) is 6.35 Å². The van der Waals surface area contributed by atoms with Crippen LogP contribution in [0.25, 0.3) is 0 Å². The van der Waals surface area contributed by atoms with Crippen molar-refractivity contribution in [3.63, 3.8) is 0 Å². The molecule has 2 fully saturated rings. The van der Waals surface area contributed by atoms with Gasteiger partial charge in [-0.15, -0.1) is 0 Å². The van der Waals surface area contributed by atoms with Gasteiger partial charge in [-0.3, -0.25) is 14.6 Å². The molecule has 0 spiro atoms. The van der Waals surface area contributed by atoms with E-state index in [2.05, 4.69) is 5.32 Å². The first kappa shape index (κ1) is 23.7. The number of ether oxygens (including phenoxy) is 1. The van der Waals surface area contributed by atoms with Crippen molar-refractivity contribution < 1.29 is 27.8 Å². The second kappa shape index (κ2) is 10.2. The summed E-state index contributed by atoms with van der Waals surface area (Å²) >= 11 is 0. The lowest BCUT2D eigenvalue weighted by Crippen LogP contribution is -2.59. The first-order valence-corrected chi connectivity index (χ1v) is 11.1. The third-order valence-electron chi connectivity index (χ3n) is 6.23. The van der Waals surface area contributed by atoms with E-state index in [1.165, 1.54) is 12.1 Å². The molecular formula is C24H28F3N3O3. The van der Waals surface area contributed by atoms with Crippen molar-refractivity contribution in [2.24, 2.45) is 0 Å². The second-order valence-electron chi connectivity index (χ2n) is 8.54. The number of rotatable bonds is 5. The summed E-state index contributed by atoms with van der Waals surface area (Å²) in [6, 6.07) is 13.8. The van der Waals surface area contributed by atoms with E-state index in [1.54, 1.807) is 30.3 Å². The normalized spacial score (nSPS) is 23.8. The van der Waals surface area contributed by atoms with Gasteiger partial charge in [0, 0.05) is 37.8 Å².